The average Bonchev–Trinajstić information content (AvgIpc) is 2.58. The third-order valence-corrected chi connectivity index (χ3v) is 3.77. The molecule has 2 heterocycles. The summed E-state index contributed by atoms with van der Waals surface area (Å²) in [6, 6.07) is 11.9. The van der Waals surface area contributed by atoms with Gasteiger partial charge in [0.15, 0.2) is 0 Å². The van der Waals surface area contributed by atoms with Crippen molar-refractivity contribution in [2.24, 2.45) is 0 Å². The van der Waals surface area contributed by atoms with Gasteiger partial charge < -0.3 is 15.3 Å². The number of phenolic OH excluding ortho intramolecular Hbond substituents is 1. The first-order valence-electron chi connectivity index (χ1n) is 7.55. The van der Waals surface area contributed by atoms with Crippen LogP contribution in [0.15, 0.2) is 42.5 Å². The smallest absolute Gasteiger partial charge is 0.274 e. The number of carbonyl (C=O) groups is 1. The lowest BCUT2D eigenvalue weighted by molar-refractivity contribution is 0.102. The molecule has 22 heavy (non-hydrogen) atoms. The number of aromatic nitrogens is 1. The zero-order valence-corrected chi connectivity index (χ0v) is 12.3. The number of benzene rings is 1. The van der Waals surface area contributed by atoms with Crippen LogP contribution in [0.25, 0.3) is 0 Å². The van der Waals surface area contributed by atoms with E-state index in [4.69, 9.17) is 0 Å². The second kappa shape index (κ2) is 6.47. The fraction of sp³-hybridized carbons (Fsp3) is 0.294. The Kier molecular flexibility index (Phi) is 4.23. The van der Waals surface area contributed by atoms with Gasteiger partial charge in [0.05, 0.1) is 0 Å². The molecule has 2 aromatic rings. The third kappa shape index (κ3) is 3.36. The fourth-order valence-corrected chi connectivity index (χ4v) is 2.59. The molecule has 114 valence electrons. The van der Waals surface area contributed by atoms with Gasteiger partial charge in [0.25, 0.3) is 5.91 Å². The van der Waals surface area contributed by atoms with E-state index in [2.05, 4.69) is 15.2 Å². The lowest BCUT2D eigenvalue weighted by atomic mass is 10.1. The number of phenols is 1. The molecule has 0 bridgehead atoms. The largest absolute Gasteiger partial charge is 0.508 e. The second-order valence-electron chi connectivity index (χ2n) is 5.43. The molecule has 1 amide bonds. The van der Waals surface area contributed by atoms with E-state index in [1.54, 1.807) is 18.2 Å². The summed E-state index contributed by atoms with van der Waals surface area (Å²) in [7, 11) is 0. The highest BCUT2D eigenvalue weighted by atomic mass is 16.3. The molecule has 0 spiro atoms. The van der Waals surface area contributed by atoms with Crippen LogP contribution in [-0.4, -0.2) is 29.1 Å². The number of nitrogens with one attached hydrogen (secondary N) is 1. The van der Waals surface area contributed by atoms with Crippen LogP contribution in [-0.2, 0) is 0 Å². The molecule has 0 unspecified atom stereocenters. The summed E-state index contributed by atoms with van der Waals surface area (Å²) >= 11 is 0. The predicted molar refractivity (Wildman–Crippen MR) is 86.4 cm³/mol. The maximum absolute atomic E-state index is 12.3. The summed E-state index contributed by atoms with van der Waals surface area (Å²) in [5, 5.41) is 12.0. The number of aromatic hydroxyl groups is 1. The van der Waals surface area contributed by atoms with E-state index in [9.17, 15) is 9.90 Å². The molecule has 5 nitrogen and oxygen atoms in total. The van der Waals surface area contributed by atoms with E-state index in [1.807, 2.05) is 12.1 Å². The van der Waals surface area contributed by atoms with Gasteiger partial charge in [-0.2, -0.15) is 0 Å². The molecule has 5 heteroatoms. The Labute approximate surface area is 129 Å². The Morgan fingerprint density at radius 3 is 2.50 bits per heavy atom. The van der Waals surface area contributed by atoms with Gasteiger partial charge in [0.1, 0.15) is 17.3 Å². The van der Waals surface area contributed by atoms with Gasteiger partial charge in [-0.1, -0.05) is 6.07 Å². The summed E-state index contributed by atoms with van der Waals surface area (Å²) in [5.74, 6) is 0.783. The SMILES string of the molecule is O=C(Nc1ccc(O)cc1)c1cccc(N2CCCCC2)n1. The molecular formula is C17H19N3O2. The number of nitrogens with zero attached hydrogens (tertiary/aromatic N) is 2. The standard InChI is InChI=1S/C17H19N3O2/c21-14-9-7-13(8-10-14)18-17(22)15-5-4-6-16(19-15)20-11-2-1-3-12-20/h4-10,21H,1-3,11-12H2,(H,18,22). The van der Waals surface area contributed by atoms with E-state index in [-0.39, 0.29) is 11.7 Å². The van der Waals surface area contributed by atoms with Crippen LogP contribution >= 0.6 is 0 Å². The van der Waals surface area contributed by atoms with Crippen molar-refractivity contribution >= 4 is 17.4 Å². The molecule has 0 aliphatic carbocycles. The monoisotopic (exact) mass is 297 g/mol. The van der Waals surface area contributed by atoms with Crippen LogP contribution in [0.3, 0.4) is 0 Å². The van der Waals surface area contributed by atoms with Crippen molar-refractivity contribution in [2.75, 3.05) is 23.3 Å². The number of anilines is 2. The second-order valence-corrected chi connectivity index (χ2v) is 5.43. The first-order valence-corrected chi connectivity index (χ1v) is 7.55. The molecule has 0 saturated carbocycles. The first-order chi connectivity index (χ1) is 10.7. The number of hydrogen-bond donors (Lipinski definition) is 2. The van der Waals surface area contributed by atoms with Gasteiger partial charge in [0.2, 0.25) is 0 Å². The maximum atomic E-state index is 12.3. The lowest BCUT2D eigenvalue weighted by Crippen LogP contribution is -2.30. The summed E-state index contributed by atoms with van der Waals surface area (Å²) in [5.41, 5.74) is 1.03. The van der Waals surface area contributed by atoms with E-state index in [0.717, 1.165) is 18.9 Å². The molecular weight excluding hydrogens is 278 g/mol. The van der Waals surface area contributed by atoms with Gasteiger partial charge in [-0.25, -0.2) is 4.98 Å². The highest BCUT2D eigenvalue weighted by molar-refractivity contribution is 6.03. The van der Waals surface area contributed by atoms with E-state index in [1.165, 1.54) is 31.4 Å². The van der Waals surface area contributed by atoms with Crippen molar-refractivity contribution in [2.45, 2.75) is 19.3 Å². The van der Waals surface area contributed by atoms with Crippen molar-refractivity contribution in [1.29, 1.82) is 0 Å². The topological polar surface area (TPSA) is 65.5 Å². The van der Waals surface area contributed by atoms with Crippen LogP contribution in [0.2, 0.25) is 0 Å². The Balaban J connectivity index is 1.73. The summed E-state index contributed by atoms with van der Waals surface area (Å²) in [6.45, 7) is 1.99. The minimum absolute atomic E-state index is 0.170. The zero-order valence-electron chi connectivity index (χ0n) is 12.3. The van der Waals surface area contributed by atoms with Gasteiger partial charge in [-0.3, -0.25) is 4.79 Å². The molecule has 1 saturated heterocycles. The summed E-state index contributed by atoms with van der Waals surface area (Å²) in [6.07, 6.45) is 3.61. The highest BCUT2D eigenvalue weighted by Gasteiger charge is 2.14. The van der Waals surface area contributed by atoms with Crippen molar-refractivity contribution in [1.82, 2.24) is 4.98 Å². The van der Waals surface area contributed by atoms with Crippen LogP contribution in [0.4, 0.5) is 11.5 Å². The van der Waals surface area contributed by atoms with Crippen LogP contribution in [0, 0.1) is 0 Å². The molecule has 1 aromatic heterocycles. The number of rotatable bonds is 3. The fourth-order valence-electron chi connectivity index (χ4n) is 2.59. The van der Waals surface area contributed by atoms with Crippen molar-refractivity contribution < 1.29 is 9.90 Å². The predicted octanol–water partition coefficient (Wildman–Crippen LogP) is 3.03. The quantitative estimate of drug-likeness (QED) is 0.855. The molecule has 1 aromatic carbocycles. The Bertz CT molecular complexity index is 649. The molecule has 1 fully saturated rings. The van der Waals surface area contributed by atoms with Crippen LogP contribution < -0.4 is 10.2 Å². The summed E-state index contributed by atoms with van der Waals surface area (Å²) < 4.78 is 0. The third-order valence-electron chi connectivity index (χ3n) is 3.77. The number of carbonyl (C=O) groups excluding carboxylic acids is 1. The lowest BCUT2D eigenvalue weighted by Gasteiger charge is -2.27. The van der Waals surface area contributed by atoms with Crippen molar-refractivity contribution in [3.05, 3.63) is 48.2 Å². The summed E-state index contributed by atoms with van der Waals surface area (Å²) in [4.78, 5) is 19.0. The van der Waals surface area contributed by atoms with Crippen LogP contribution in [0.5, 0.6) is 5.75 Å². The molecule has 1 aliphatic heterocycles. The van der Waals surface area contributed by atoms with Gasteiger partial charge in [-0.15, -0.1) is 0 Å². The number of pyridine rings is 1. The van der Waals surface area contributed by atoms with E-state index >= 15 is 0 Å². The van der Waals surface area contributed by atoms with Gasteiger partial charge >= 0.3 is 0 Å². The van der Waals surface area contributed by atoms with Gasteiger partial charge in [0, 0.05) is 18.8 Å². The van der Waals surface area contributed by atoms with Crippen molar-refractivity contribution in [3.8, 4) is 5.75 Å². The molecule has 0 radical (unpaired) electrons. The molecule has 2 N–H and O–H groups in total. The Hall–Kier alpha value is -2.56. The van der Waals surface area contributed by atoms with Crippen LogP contribution in [0.1, 0.15) is 29.8 Å². The van der Waals surface area contributed by atoms with E-state index < -0.39 is 0 Å². The maximum Gasteiger partial charge on any atom is 0.274 e. The molecule has 0 atom stereocenters. The minimum atomic E-state index is -0.246. The van der Waals surface area contributed by atoms with E-state index in [0.29, 0.717) is 11.4 Å². The van der Waals surface area contributed by atoms with Gasteiger partial charge in [-0.05, 0) is 55.7 Å². The Morgan fingerprint density at radius 1 is 1.05 bits per heavy atom. The molecule has 3 rings (SSSR count). The number of piperidine rings is 1. The normalized spacial score (nSPS) is 14.6. The number of hydrogen-bond acceptors (Lipinski definition) is 4. The highest BCUT2D eigenvalue weighted by Crippen LogP contribution is 2.19. The average molecular weight is 297 g/mol. The zero-order chi connectivity index (χ0) is 15.4. The number of amides is 1. The minimum Gasteiger partial charge on any atom is -0.508 e. The molecule has 1 aliphatic rings. The Morgan fingerprint density at radius 2 is 1.77 bits per heavy atom. The first kappa shape index (κ1) is 14.4. The van der Waals surface area contributed by atoms with Crippen molar-refractivity contribution in [3.63, 3.8) is 0 Å².